The van der Waals surface area contributed by atoms with E-state index in [4.69, 9.17) is 11.6 Å². The van der Waals surface area contributed by atoms with Crippen LogP contribution in [0.15, 0.2) is 67.0 Å². The molecular weight excluding hydrogens is 381 g/mol. The third-order valence-electron chi connectivity index (χ3n) is 5.05. The first-order chi connectivity index (χ1) is 13.5. The van der Waals surface area contributed by atoms with E-state index >= 15 is 0 Å². The molecule has 2 heterocycles. The molecule has 0 fully saturated rings. The molecule has 5 rings (SSSR count). The van der Waals surface area contributed by atoms with Crippen molar-refractivity contribution in [1.82, 2.24) is 9.97 Å². The predicted octanol–water partition coefficient (Wildman–Crippen LogP) is 4.21. The zero-order valence-corrected chi connectivity index (χ0v) is 15.1. The lowest BCUT2D eigenvalue weighted by atomic mass is 9.93. The smallest absolute Gasteiger partial charge is 0.261 e. The van der Waals surface area contributed by atoms with E-state index in [1.54, 1.807) is 48.8 Å². The van der Waals surface area contributed by atoms with Crippen molar-refractivity contribution >= 4 is 34.2 Å². The second kappa shape index (κ2) is 5.89. The summed E-state index contributed by atoms with van der Waals surface area (Å²) in [4.78, 5) is 21.4. The molecule has 2 N–H and O–H groups in total. The van der Waals surface area contributed by atoms with Crippen LogP contribution < -0.4 is 4.90 Å². The van der Waals surface area contributed by atoms with Crippen molar-refractivity contribution in [3.8, 4) is 0 Å². The van der Waals surface area contributed by atoms with Gasteiger partial charge in [0.15, 0.2) is 11.5 Å². The minimum absolute atomic E-state index is 0.0964. The number of carbonyl (C=O) groups excluding carboxylic acids is 1. The lowest BCUT2D eigenvalue weighted by Gasteiger charge is -2.35. The van der Waals surface area contributed by atoms with Gasteiger partial charge in [0.25, 0.3) is 5.91 Å². The standard InChI is InChI=1S/C21H13ClFN3O2/c22-15-6-3-7-18(19(15)23)26-20(27)13-4-1-2-5-14(13)21(26,28)12-8-9-16-17(10-12)25-11-24-16/h1-11,28H,(H,24,25). The van der Waals surface area contributed by atoms with Crippen LogP contribution in [0.3, 0.4) is 0 Å². The van der Waals surface area contributed by atoms with E-state index in [2.05, 4.69) is 9.97 Å². The van der Waals surface area contributed by atoms with Crippen LogP contribution in [-0.2, 0) is 5.72 Å². The van der Waals surface area contributed by atoms with Crippen molar-refractivity contribution in [3.63, 3.8) is 0 Å². The van der Waals surface area contributed by atoms with Crippen LogP contribution in [0.2, 0.25) is 5.02 Å². The largest absolute Gasteiger partial charge is 0.363 e. The zero-order valence-electron chi connectivity index (χ0n) is 14.4. The molecule has 4 aromatic rings. The third kappa shape index (κ3) is 2.16. The lowest BCUT2D eigenvalue weighted by Crippen LogP contribution is -2.45. The van der Waals surface area contributed by atoms with Crippen LogP contribution in [0.25, 0.3) is 11.0 Å². The molecule has 1 amide bonds. The molecule has 0 bridgehead atoms. The molecule has 1 aliphatic rings. The molecule has 5 nitrogen and oxygen atoms in total. The summed E-state index contributed by atoms with van der Waals surface area (Å²) < 4.78 is 14.9. The number of fused-ring (bicyclic) bond motifs is 2. The van der Waals surface area contributed by atoms with Crippen molar-refractivity contribution in [2.24, 2.45) is 0 Å². The number of anilines is 1. The number of hydrogen-bond donors (Lipinski definition) is 2. The molecule has 138 valence electrons. The van der Waals surface area contributed by atoms with Crippen LogP contribution in [0, 0.1) is 5.82 Å². The molecular formula is C21H13ClFN3O2. The molecule has 0 saturated carbocycles. The van der Waals surface area contributed by atoms with Gasteiger partial charge in [0, 0.05) is 16.7 Å². The number of imidazole rings is 1. The van der Waals surface area contributed by atoms with Crippen molar-refractivity contribution in [2.45, 2.75) is 5.72 Å². The van der Waals surface area contributed by atoms with E-state index in [1.807, 2.05) is 0 Å². The average molecular weight is 394 g/mol. The van der Waals surface area contributed by atoms with Crippen molar-refractivity contribution in [1.29, 1.82) is 0 Å². The summed E-state index contributed by atoms with van der Waals surface area (Å²) in [5.74, 6) is -1.28. The van der Waals surface area contributed by atoms with Gasteiger partial charge in [-0.15, -0.1) is 0 Å². The Bertz CT molecular complexity index is 1260. The monoisotopic (exact) mass is 393 g/mol. The fourth-order valence-electron chi connectivity index (χ4n) is 3.75. The minimum Gasteiger partial charge on any atom is -0.363 e. The van der Waals surface area contributed by atoms with Gasteiger partial charge in [0.2, 0.25) is 0 Å². The Kier molecular flexibility index (Phi) is 3.56. The second-order valence-corrected chi connectivity index (χ2v) is 6.97. The molecule has 3 aromatic carbocycles. The maximum Gasteiger partial charge on any atom is 0.261 e. The quantitative estimate of drug-likeness (QED) is 0.536. The highest BCUT2D eigenvalue weighted by atomic mass is 35.5. The van der Waals surface area contributed by atoms with Gasteiger partial charge in [-0.25, -0.2) is 9.37 Å². The number of aromatic nitrogens is 2. The van der Waals surface area contributed by atoms with E-state index < -0.39 is 17.4 Å². The molecule has 1 atom stereocenters. The Morgan fingerprint density at radius 1 is 1.11 bits per heavy atom. The first kappa shape index (κ1) is 16.9. The predicted molar refractivity (Wildman–Crippen MR) is 104 cm³/mol. The number of nitrogens with zero attached hydrogens (tertiary/aromatic N) is 2. The molecule has 1 aliphatic heterocycles. The van der Waals surface area contributed by atoms with Gasteiger partial charge in [0.05, 0.1) is 28.1 Å². The summed E-state index contributed by atoms with van der Waals surface area (Å²) in [7, 11) is 0. The third-order valence-corrected chi connectivity index (χ3v) is 5.35. The summed E-state index contributed by atoms with van der Waals surface area (Å²) >= 11 is 5.95. The number of benzene rings is 3. The van der Waals surface area contributed by atoms with Gasteiger partial charge >= 0.3 is 0 Å². The van der Waals surface area contributed by atoms with Gasteiger partial charge in [0.1, 0.15) is 0 Å². The second-order valence-electron chi connectivity index (χ2n) is 6.57. The van der Waals surface area contributed by atoms with Crippen LogP contribution in [0.1, 0.15) is 21.5 Å². The number of hydrogen-bond acceptors (Lipinski definition) is 3. The van der Waals surface area contributed by atoms with Crippen LogP contribution >= 0.6 is 11.6 Å². The lowest BCUT2D eigenvalue weighted by molar-refractivity contribution is 0.0699. The minimum atomic E-state index is -1.90. The number of carbonyl (C=O) groups is 1. The first-order valence-corrected chi connectivity index (χ1v) is 8.93. The highest BCUT2D eigenvalue weighted by Gasteiger charge is 2.51. The van der Waals surface area contributed by atoms with Crippen molar-refractivity contribution in [3.05, 3.63) is 94.5 Å². The first-order valence-electron chi connectivity index (χ1n) is 8.56. The van der Waals surface area contributed by atoms with Crippen LogP contribution in [-0.4, -0.2) is 21.0 Å². The number of aromatic amines is 1. The van der Waals surface area contributed by atoms with Gasteiger partial charge in [-0.05, 0) is 30.3 Å². The summed E-state index contributed by atoms with van der Waals surface area (Å²) in [6, 6.07) is 16.2. The molecule has 0 aliphatic carbocycles. The van der Waals surface area contributed by atoms with Crippen molar-refractivity contribution < 1.29 is 14.3 Å². The summed E-state index contributed by atoms with van der Waals surface area (Å²) in [5.41, 5.74) is 0.480. The summed E-state index contributed by atoms with van der Waals surface area (Å²) in [5, 5.41) is 11.7. The Morgan fingerprint density at radius 2 is 1.93 bits per heavy atom. The SMILES string of the molecule is O=C1c2ccccc2C(O)(c2ccc3nc[nH]c3c2)N1c1cccc(Cl)c1F. The number of nitrogens with one attached hydrogen (secondary N) is 1. The highest BCUT2D eigenvalue weighted by molar-refractivity contribution is 6.31. The van der Waals surface area contributed by atoms with E-state index in [0.717, 1.165) is 4.90 Å². The van der Waals surface area contributed by atoms with E-state index in [1.165, 1.54) is 18.2 Å². The zero-order chi connectivity index (χ0) is 19.5. The maximum atomic E-state index is 14.9. The van der Waals surface area contributed by atoms with Gasteiger partial charge < -0.3 is 10.1 Å². The van der Waals surface area contributed by atoms with E-state index in [0.29, 0.717) is 27.7 Å². The Labute approximate surface area is 164 Å². The molecule has 7 heteroatoms. The molecule has 0 saturated heterocycles. The van der Waals surface area contributed by atoms with Crippen LogP contribution in [0.5, 0.6) is 0 Å². The van der Waals surface area contributed by atoms with Crippen LogP contribution in [0.4, 0.5) is 10.1 Å². The summed E-state index contributed by atoms with van der Waals surface area (Å²) in [6.45, 7) is 0. The van der Waals surface area contributed by atoms with Gasteiger partial charge in [-0.1, -0.05) is 41.9 Å². The fraction of sp³-hybridized carbons (Fsp3) is 0.0476. The van der Waals surface area contributed by atoms with Gasteiger partial charge in [-0.2, -0.15) is 0 Å². The molecule has 1 aromatic heterocycles. The molecule has 1 unspecified atom stereocenters. The molecule has 28 heavy (non-hydrogen) atoms. The van der Waals surface area contributed by atoms with E-state index in [-0.39, 0.29) is 10.7 Å². The number of rotatable bonds is 2. The number of amides is 1. The normalized spacial score (nSPS) is 18.7. The highest BCUT2D eigenvalue weighted by Crippen LogP contribution is 2.46. The Balaban J connectivity index is 1.82. The van der Waals surface area contributed by atoms with E-state index in [9.17, 15) is 14.3 Å². The number of halogens is 2. The molecule has 0 spiro atoms. The number of H-pyrrole nitrogens is 1. The topological polar surface area (TPSA) is 69.2 Å². The Morgan fingerprint density at radius 3 is 2.79 bits per heavy atom. The van der Waals surface area contributed by atoms with Gasteiger partial charge in [-0.3, -0.25) is 9.69 Å². The summed E-state index contributed by atoms with van der Waals surface area (Å²) in [6.07, 6.45) is 1.54. The fourth-order valence-corrected chi connectivity index (χ4v) is 3.92. The molecule has 0 radical (unpaired) electrons. The Hall–Kier alpha value is -3.22. The number of aliphatic hydroxyl groups is 1. The van der Waals surface area contributed by atoms with Crippen molar-refractivity contribution in [2.75, 3.05) is 4.90 Å². The maximum absolute atomic E-state index is 14.9. The average Bonchev–Trinajstić information content (AvgIpc) is 3.26.